The van der Waals surface area contributed by atoms with Gasteiger partial charge in [0.05, 0.1) is 5.69 Å². The van der Waals surface area contributed by atoms with Gasteiger partial charge in [-0.2, -0.15) is 5.10 Å². The first-order chi connectivity index (χ1) is 9.74. The molecule has 104 valence electrons. The summed E-state index contributed by atoms with van der Waals surface area (Å²) < 4.78 is 1.82. The van der Waals surface area contributed by atoms with Gasteiger partial charge in [0.15, 0.2) is 0 Å². The predicted molar refractivity (Wildman–Crippen MR) is 79.0 cm³/mol. The van der Waals surface area contributed by atoms with Crippen molar-refractivity contribution in [1.29, 1.82) is 0 Å². The summed E-state index contributed by atoms with van der Waals surface area (Å²) in [6.07, 6.45) is 9.13. The number of hydrogen-bond acceptors (Lipinski definition) is 3. The van der Waals surface area contributed by atoms with E-state index in [4.69, 9.17) is 10.8 Å². The van der Waals surface area contributed by atoms with Gasteiger partial charge in [-0.05, 0) is 37.2 Å². The highest BCUT2D eigenvalue weighted by Gasteiger charge is 2.42. The van der Waals surface area contributed by atoms with Crippen LogP contribution >= 0.6 is 0 Å². The monoisotopic (exact) mass is 268 g/mol. The van der Waals surface area contributed by atoms with Crippen molar-refractivity contribution >= 4 is 5.82 Å². The largest absolute Gasteiger partial charge is 0.383 e. The fourth-order valence-corrected chi connectivity index (χ4v) is 4.20. The van der Waals surface area contributed by atoms with Crippen molar-refractivity contribution in [3.8, 4) is 11.1 Å². The maximum Gasteiger partial charge on any atom is 0.129 e. The Morgan fingerprint density at radius 1 is 1.30 bits per heavy atom. The lowest BCUT2D eigenvalue weighted by Crippen LogP contribution is -2.10. The smallest absolute Gasteiger partial charge is 0.129 e. The van der Waals surface area contributed by atoms with Gasteiger partial charge in [0, 0.05) is 36.5 Å². The number of aryl methyl sites for hydroxylation is 1. The third-order valence-corrected chi connectivity index (χ3v) is 5.16. The molecule has 4 rings (SSSR count). The van der Waals surface area contributed by atoms with Crippen LogP contribution in [0.4, 0.5) is 5.82 Å². The normalized spacial score (nSPS) is 28.1. The molecule has 2 fully saturated rings. The molecule has 2 bridgehead atoms. The minimum absolute atomic E-state index is 0.590. The fraction of sp³-hybridized carbons (Fsp3) is 0.500. The molecule has 2 aliphatic carbocycles. The predicted octanol–water partition coefficient (Wildman–Crippen LogP) is 2.97. The summed E-state index contributed by atoms with van der Waals surface area (Å²) in [6.45, 7) is 0. The van der Waals surface area contributed by atoms with Crippen molar-refractivity contribution in [2.45, 2.75) is 31.6 Å². The Morgan fingerprint density at radius 3 is 2.85 bits per heavy atom. The Bertz CT molecular complexity index is 631. The van der Waals surface area contributed by atoms with E-state index < -0.39 is 0 Å². The summed E-state index contributed by atoms with van der Waals surface area (Å²) in [5, 5.41) is 4.75. The molecule has 2 heterocycles. The molecule has 0 radical (unpaired) electrons. The zero-order valence-electron chi connectivity index (χ0n) is 11.8. The van der Waals surface area contributed by atoms with Gasteiger partial charge >= 0.3 is 0 Å². The van der Waals surface area contributed by atoms with Crippen LogP contribution in [-0.2, 0) is 7.05 Å². The van der Waals surface area contributed by atoms with Gasteiger partial charge < -0.3 is 5.73 Å². The topological polar surface area (TPSA) is 56.7 Å². The molecule has 2 N–H and O–H groups in total. The first kappa shape index (κ1) is 11.9. The van der Waals surface area contributed by atoms with Crippen molar-refractivity contribution in [1.82, 2.24) is 14.8 Å². The van der Waals surface area contributed by atoms with Crippen molar-refractivity contribution in [2.24, 2.45) is 18.9 Å². The van der Waals surface area contributed by atoms with E-state index in [9.17, 15) is 0 Å². The van der Waals surface area contributed by atoms with Gasteiger partial charge in [0.2, 0.25) is 0 Å². The molecule has 0 saturated heterocycles. The molecule has 20 heavy (non-hydrogen) atoms. The van der Waals surface area contributed by atoms with Crippen LogP contribution in [-0.4, -0.2) is 14.8 Å². The summed E-state index contributed by atoms with van der Waals surface area (Å²) in [4.78, 5) is 4.23. The zero-order chi connectivity index (χ0) is 13.7. The van der Waals surface area contributed by atoms with Gasteiger partial charge in [-0.3, -0.25) is 9.67 Å². The molecular weight excluding hydrogens is 248 g/mol. The highest BCUT2D eigenvalue weighted by Crippen LogP contribution is 2.54. The number of nitrogens with two attached hydrogens (primary N) is 1. The van der Waals surface area contributed by atoms with Crippen molar-refractivity contribution < 1.29 is 0 Å². The first-order valence-electron chi connectivity index (χ1n) is 7.47. The quantitative estimate of drug-likeness (QED) is 0.911. The number of pyridine rings is 1. The first-order valence-corrected chi connectivity index (χ1v) is 7.47. The maximum absolute atomic E-state index is 6.27. The molecule has 2 aromatic rings. The second-order valence-corrected chi connectivity index (χ2v) is 6.29. The van der Waals surface area contributed by atoms with E-state index in [-0.39, 0.29) is 0 Å². The van der Waals surface area contributed by atoms with Crippen LogP contribution in [0.1, 0.15) is 37.3 Å². The van der Waals surface area contributed by atoms with E-state index in [0.717, 1.165) is 28.8 Å². The van der Waals surface area contributed by atoms with Gasteiger partial charge in [0.1, 0.15) is 5.82 Å². The summed E-state index contributed by atoms with van der Waals surface area (Å²) in [7, 11) is 1.94. The summed E-state index contributed by atoms with van der Waals surface area (Å²) in [5.74, 6) is 3.07. The highest BCUT2D eigenvalue weighted by molar-refractivity contribution is 5.76. The van der Waals surface area contributed by atoms with Crippen LogP contribution in [0.25, 0.3) is 11.1 Å². The van der Waals surface area contributed by atoms with Crippen molar-refractivity contribution in [3.63, 3.8) is 0 Å². The van der Waals surface area contributed by atoms with Crippen LogP contribution in [0, 0.1) is 11.8 Å². The van der Waals surface area contributed by atoms with Crippen LogP contribution < -0.4 is 5.73 Å². The standard InChI is InChI=1S/C16H20N4/c1-20-16(17)14(12-3-2-6-18-9-12)15(19-20)13-8-10-4-5-11(13)7-10/h2-3,6,9-11,13H,4-5,7-8,17H2,1H3. The van der Waals surface area contributed by atoms with Crippen LogP contribution in [0.3, 0.4) is 0 Å². The van der Waals surface area contributed by atoms with Crippen LogP contribution in [0.15, 0.2) is 24.5 Å². The van der Waals surface area contributed by atoms with Gasteiger partial charge in [0.25, 0.3) is 0 Å². The minimum Gasteiger partial charge on any atom is -0.383 e. The van der Waals surface area contributed by atoms with E-state index in [0.29, 0.717) is 5.92 Å². The molecule has 3 atom stereocenters. The average Bonchev–Trinajstić information content (AvgIpc) is 3.16. The molecule has 0 aromatic carbocycles. The number of anilines is 1. The number of nitrogen functional groups attached to an aromatic ring is 1. The second kappa shape index (κ2) is 4.33. The van der Waals surface area contributed by atoms with Crippen molar-refractivity contribution in [2.75, 3.05) is 5.73 Å². The van der Waals surface area contributed by atoms with E-state index in [2.05, 4.69) is 11.1 Å². The lowest BCUT2D eigenvalue weighted by atomic mass is 9.84. The zero-order valence-corrected chi connectivity index (χ0v) is 11.8. The highest BCUT2D eigenvalue weighted by atomic mass is 15.3. The summed E-state index contributed by atoms with van der Waals surface area (Å²) >= 11 is 0. The van der Waals surface area contributed by atoms with Crippen LogP contribution in [0.2, 0.25) is 0 Å². The maximum atomic E-state index is 6.27. The van der Waals surface area contributed by atoms with E-state index in [1.165, 1.54) is 31.4 Å². The molecule has 0 amide bonds. The van der Waals surface area contributed by atoms with Crippen molar-refractivity contribution in [3.05, 3.63) is 30.2 Å². The molecule has 4 nitrogen and oxygen atoms in total. The number of aromatic nitrogens is 3. The van der Waals surface area contributed by atoms with E-state index in [1.54, 1.807) is 6.20 Å². The summed E-state index contributed by atoms with van der Waals surface area (Å²) in [6, 6.07) is 4.05. The van der Waals surface area contributed by atoms with Gasteiger partial charge in [-0.25, -0.2) is 0 Å². The summed E-state index contributed by atoms with van der Waals surface area (Å²) in [5.41, 5.74) is 9.68. The Labute approximate surface area is 119 Å². The number of hydrogen-bond donors (Lipinski definition) is 1. The molecular formula is C16H20N4. The Balaban J connectivity index is 1.82. The molecule has 3 unspecified atom stereocenters. The Hall–Kier alpha value is -1.84. The molecule has 0 spiro atoms. The lowest BCUT2D eigenvalue weighted by molar-refractivity contribution is 0.411. The molecule has 4 heteroatoms. The second-order valence-electron chi connectivity index (χ2n) is 6.29. The lowest BCUT2D eigenvalue weighted by Gasteiger charge is -2.21. The number of nitrogens with zero attached hydrogens (tertiary/aromatic N) is 3. The Kier molecular flexibility index (Phi) is 2.59. The third-order valence-electron chi connectivity index (χ3n) is 5.16. The Morgan fingerprint density at radius 2 is 2.20 bits per heavy atom. The molecule has 2 aromatic heterocycles. The van der Waals surface area contributed by atoms with Crippen LogP contribution in [0.5, 0.6) is 0 Å². The minimum atomic E-state index is 0.590. The SMILES string of the molecule is Cn1nc(C2CC3CCC2C3)c(-c2cccnc2)c1N. The third kappa shape index (κ3) is 1.67. The van der Waals surface area contributed by atoms with E-state index in [1.807, 2.05) is 24.0 Å². The molecule has 0 aliphatic heterocycles. The van der Waals surface area contributed by atoms with E-state index >= 15 is 0 Å². The van der Waals surface area contributed by atoms with Gasteiger partial charge in [-0.15, -0.1) is 0 Å². The molecule has 2 saturated carbocycles. The number of rotatable bonds is 2. The average molecular weight is 268 g/mol. The molecule has 2 aliphatic rings. The fourth-order valence-electron chi connectivity index (χ4n) is 4.20. The van der Waals surface area contributed by atoms with Gasteiger partial charge in [-0.1, -0.05) is 12.5 Å². The number of fused-ring (bicyclic) bond motifs is 2.